The van der Waals surface area contributed by atoms with Gasteiger partial charge in [0.2, 0.25) is 0 Å². The van der Waals surface area contributed by atoms with E-state index in [-0.39, 0.29) is 0 Å². The second-order valence-electron chi connectivity index (χ2n) is 21.6. The maximum Gasteiger partial charge on any atom is 0.0316 e. The molecule has 0 amide bonds. The van der Waals surface area contributed by atoms with Crippen molar-refractivity contribution in [1.29, 1.82) is 0 Å². The van der Waals surface area contributed by atoms with Crippen molar-refractivity contribution in [2.45, 2.75) is 150 Å². The first-order valence-corrected chi connectivity index (χ1v) is 28.1. The summed E-state index contributed by atoms with van der Waals surface area (Å²) in [4.78, 5) is 0. The standard InChI is InChI=1S/C36H44N2.C35H42N2/c1-27-23-35(37)21-19-33(27)25-31-15-11-29(12-16-31)9-7-5-3-4-6-8-10-30-13-17-32(18-14-30)26-34-20-22-36(38)24-28(34)2;1-26-22-34(36)20-18-32(26)24-30-14-10-28(11-15-30)8-6-4-3-5-7-9-29-12-16-31(17-13-29)25-33-19-21-35(37)23-27(33)2/h11-24H,3-10,25-26,37-38H2,1-2H3;10-23H,3-9,24-25,36-37H2,1-2H3. The van der Waals surface area contributed by atoms with Crippen molar-refractivity contribution in [3.05, 3.63) is 259 Å². The molecule has 4 heteroatoms. The molecule has 0 bridgehead atoms. The van der Waals surface area contributed by atoms with Gasteiger partial charge in [-0.1, -0.05) is 166 Å². The fourth-order valence-corrected chi connectivity index (χ4v) is 10.4. The molecule has 0 radical (unpaired) electrons. The molecule has 0 aliphatic heterocycles. The molecule has 8 N–H and O–H groups in total. The van der Waals surface area contributed by atoms with Crippen LogP contribution in [0, 0.1) is 27.7 Å². The van der Waals surface area contributed by atoms with Gasteiger partial charge in [0.25, 0.3) is 0 Å². The molecule has 0 spiro atoms. The molecule has 0 heterocycles. The number of hydrogen-bond acceptors (Lipinski definition) is 4. The molecule has 0 aliphatic rings. The lowest BCUT2D eigenvalue weighted by Crippen LogP contribution is -1.95. The SMILES string of the molecule is Cc1cc(N)ccc1Cc1ccc(CCCCCCCCc2ccc(Cc3ccc(N)cc3C)cc2)cc1.Cc1cc(N)ccc1Cc1ccc(CCCCCCCc2ccc(Cc3ccc(N)cc3C)cc2)cc1. The van der Waals surface area contributed by atoms with Crippen LogP contribution in [0.5, 0.6) is 0 Å². The Labute approximate surface area is 452 Å². The van der Waals surface area contributed by atoms with Gasteiger partial charge in [-0.15, -0.1) is 0 Å². The molecule has 0 fully saturated rings. The first kappa shape index (κ1) is 55.7. The minimum Gasteiger partial charge on any atom is -0.399 e. The average Bonchev–Trinajstić information content (AvgIpc) is 3.40. The van der Waals surface area contributed by atoms with E-state index in [9.17, 15) is 0 Å². The van der Waals surface area contributed by atoms with Gasteiger partial charge in [0.15, 0.2) is 0 Å². The lowest BCUT2D eigenvalue weighted by Gasteiger charge is -2.09. The number of nitrogen functional groups attached to an aromatic ring is 4. The molecule has 8 rings (SSSR count). The number of hydrogen-bond donors (Lipinski definition) is 4. The van der Waals surface area contributed by atoms with Crippen molar-refractivity contribution in [3.63, 3.8) is 0 Å². The number of nitrogens with two attached hydrogens (primary N) is 4. The molecule has 8 aromatic rings. The zero-order valence-corrected chi connectivity index (χ0v) is 45.9. The second kappa shape index (κ2) is 29.2. The van der Waals surface area contributed by atoms with Crippen LogP contribution in [-0.4, -0.2) is 0 Å². The van der Waals surface area contributed by atoms with E-state index < -0.39 is 0 Å². The summed E-state index contributed by atoms with van der Waals surface area (Å²) in [5.74, 6) is 0. The summed E-state index contributed by atoms with van der Waals surface area (Å²) in [7, 11) is 0. The largest absolute Gasteiger partial charge is 0.399 e. The number of rotatable bonds is 25. The lowest BCUT2D eigenvalue weighted by atomic mass is 9.97. The first-order chi connectivity index (χ1) is 36.4. The molecule has 0 unspecified atom stereocenters. The number of unbranched alkanes of at least 4 members (excludes halogenated alkanes) is 9. The molecule has 4 nitrogen and oxygen atoms in total. The fraction of sp³-hybridized carbons (Fsp3) is 0.324. The highest BCUT2D eigenvalue weighted by Crippen LogP contribution is 2.23. The van der Waals surface area contributed by atoms with E-state index in [0.717, 1.165) is 48.4 Å². The predicted molar refractivity (Wildman–Crippen MR) is 325 cm³/mol. The van der Waals surface area contributed by atoms with Crippen LogP contribution in [0.25, 0.3) is 0 Å². The molecular formula is C71H86N4. The highest BCUT2D eigenvalue weighted by molar-refractivity contribution is 5.49. The van der Waals surface area contributed by atoms with Crippen LogP contribution in [-0.2, 0) is 51.4 Å². The van der Waals surface area contributed by atoms with Gasteiger partial charge < -0.3 is 22.9 Å². The third kappa shape index (κ3) is 19.0. The van der Waals surface area contributed by atoms with Gasteiger partial charge in [0.05, 0.1) is 0 Å². The minimum atomic E-state index is 0.840. The highest BCUT2D eigenvalue weighted by Gasteiger charge is 2.07. The smallest absolute Gasteiger partial charge is 0.0316 e. The van der Waals surface area contributed by atoms with Gasteiger partial charge in [-0.2, -0.15) is 0 Å². The zero-order valence-electron chi connectivity index (χ0n) is 45.9. The Morgan fingerprint density at radius 2 is 0.387 bits per heavy atom. The summed E-state index contributed by atoms with van der Waals surface area (Å²) in [6, 6.07) is 61.6. The first-order valence-electron chi connectivity index (χ1n) is 28.1. The number of benzene rings is 8. The molecule has 75 heavy (non-hydrogen) atoms. The summed E-state index contributed by atoms with van der Waals surface area (Å²) in [6.45, 7) is 8.56. The van der Waals surface area contributed by atoms with Crippen molar-refractivity contribution in [2.75, 3.05) is 22.9 Å². The molecule has 8 aromatic carbocycles. The van der Waals surface area contributed by atoms with E-state index in [2.05, 4.69) is 173 Å². The Kier molecular flexibility index (Phi) is 21.7. The van der Waals surface area contributed by atoms with Gasteiger partial charge in [0, 0.05) is 22.7 Å². The Bertz CT molecular complexity index is 2760. The average molecular weight is 995 g/mol. The van der Waals surface area contributed by atoms with Crippen LogP contribution in [0.2, 0.25) is 0 Å². The highest BCUT2D eigenvalue weighted by atomic mass is 14.6. The lowest BCUT2D eigenvalue weighted by molar-refractivity contribution is 0.594. The summed E-state index contributed by atoms with van der Waals surface area (Å²) >= 11 is 0. The van der Waals surface area contributed by atoms with Gasteiger partial charge in [-0.05, 0) is 242 Å². The van der Waals surface area contributed by atoms with Gasteiger partial charge in [-0.3, -0.25) is 0 Å². The van der Waals surface area contributed by atoms with E-state index in [1.54, 1.807) is 0 Å². The third-order valence-electron chi connectivity index (χ3n) is 15.2. The van der Waals surface area contributed by atoms with E-state index in [4.69, 9.17) is 22.9 Å². The summed E-state index contributed by atoms with van der Waals surface area (Å²) in [5.41, 5.74) is 48.7. The summed E-state index contributed by atoms with van der Waals surface area (Å²) < 4.78 is 0. The maximum absolute atomic E-state index is 5.89. The minimum absolute atomic E-state index is 0.840. The van der Waals surface area contributed by atoms with Gasteiger partial charge >= 0.3 is 0 Å². The van der Waals surface area contributed by atoms with Gasteiger partial charge in [-0.25, -0.2) is 0 Å². The molecule has 390 valence electrons. The van der Waals surface area contributed by atoms with Crippen molar-refractivity contribution in [2.24, 2.45) is 0 Å². The zero-order chi connectivity index (χ0) is 52.8. The second-order valence-corrected chi connectivity index (χ2v) is 21.6. The van der Waals surface area contributed by atoms with Crippen molar-refractivity contribution in [1.82, 2.24) is 0 Å². The maximum atomic E-state index is 5.89. The van der Waals surface area contributed by atoms with Crippen molar-refractivity contribution in [3.8, 4) is 0 Å². The van der Waals surface area contributed by atoms with Crippen molar-refractivity contribution >= 4 is 22.7 Å². The third-order valence-corrected chi connectivity index (χ3v) is 15.2. The molecule has 0 aliphatic carbocycles. The molecule has 0 atom stereocenters. The molecular weight excluding hydrogens is 909 g/mol. The molecule has 0 aromatic heterocycles. The normalized spacial score (nSPS) is 11.1. The Balaban J connectivity index is 0.000000219. The monoisotopic (exact) mass is 995 g/mol. The Morgan fingerprint density at radius 1 is 0.213 bits per heavy atom. The van der Waals surface area contributed by atoms with E-state index in [1.807, 2.05) is 24.3 Å². The van der Waals surface area contributed by atoms with Crippen LogP contribution >= 0.6 is 0 Å². The van der Waals surface area contributed by atoms with Crippen LogP contribution in [0.1, 0.15) is 160 Å². The molecule has 0 saturated heterocycles. The predicted octanol–water partition coefficient (Wildman–Crippen LogP) is 17.2. The fourth-order valence-electron chi connectivity index (χ4n) is 10.4. The Hall–Kier alpha value is -7.04. The Morgan fingerprint density at radius 3 is 0.573 bits per heavy atom. The quantitative estimate of drug-likeness (QED) is 0.0338. The topological polar surface area (TPSA) is 104 Å². The number of aryl methyl sites for hydroxylation is 8. The van der Waals surface area contributed by atoms with Gasteiger partial charge in [0.1, 0.15) is 0 Å². The van der Waals surface area contributed by atoms with E-state index in [0.29, 0.717) is 0 Å². The summed E-state index contributed by atoms with van der Waals surface area (Å²) in [5, 5.41) is 0. The molecule has 0 saturated carbocycles. The number of anilines is 4. The van der Waals surface area contributed by atoms with E-state index >= 15 is 0 Å². The van der Waals surface area contributed by atoms with E-state index in [1.165, 1.54) is 185 Å². The van der Waals surface area contributed by atoms with Crippen LogP contribution < -0.4 is 22.9 Å². The van der Waals surface area contributed by atoms with Crippen LogP contribution in [0.3, 0.4) is 0 Å². The van der Waals surface area contributed by atoms with Crippen LogP contribution in [0.4, 0.5) is 22.7 Å². The summed E-state index contributed by atoms with van der Waals surface area (Å²) in [6.07, 6.45) is 23.0. The van der Waals surface area contributed by atoms with Crippen molar-refractivity contribution < 1.29 is 0 Å². The van der Waals surface area contributed by atoms with Crippen LogP contribution in [0.15, 0.2) is 170 Å².